The zero-order chi connectivity index (χ0) is 25.4. The van der Waals surface area contributed by atoms with Gasteiger partial charge in [-0.1, -0.05) is 12.1 Å². The molecule has 0 saturated carbocycles. The predicted octanol–water partition coefficient (Wildman–Crippen LogP) is 3.57. The first kappa shape index (κ1) is 25.1. The zero-order valence-electron chi connectivity index (χ0n) is 17.9. The molecule has 2 heterocycles. The van der Waals surface area contributed by atoms with Crippen molar-refractivity contribution in [3.63, 3.8) is 0 Å². The van der Waals surface area contributed by atoms with E-state index >= 15 is 0 Å². The maximum atomic E-state index is 15.0. The highest BCUT2D eigenvalue weighted by atomic mass is 32.2. The Morgan fingerprint density at radius 3 is 2.43 bits per heavy atom. The van der Waals surface area contributed by atoms with Crippen LogP contribution in [0.5, 0.6) is 0 Å². The summed E-state index contributed by atoms with van der Waals surface area (Å²) in [5.74, 6) is -3.17. The van der Waals surface area contributed by atoms with Crippen LogP contribution in [0.25, 0.3) is 11.5 Å². The van der Waals surface area contributed by atoms with E-state index in [1.807, 2.05) is 0 Å². The molecule has 1 N–H and O–H groups in total. The molecule has 0 radical (unpaired) electrons. The molecule has 188 valence electrons. The smallest absolute Gasteiger partial charge is 0.314 e. The number of rotatable bonds is 7. The van der Waals surface area contributed by atoms with Gasteiger partial charge in [0.1, 0.15) is 11.6 Å². The largest absolute Gasteiger partial charge is 0.415 e. The zero-order valence-corrected chi connectivity index (χ0v) is 19.5. The van der Waals surface area contributed by atoms with Gasteiger partial charge in [0.2, 0.25) is 5.89 Å². The van der Waals surface area contributed by atoms with Crippen molar-refractivity contribution in [2.45, 2.75) is 13.0 Å². The molecule has 0 amide bonds. The van der Waals surface area contributed by atoms with Crippen LogP contribution in [-0.2, 0) is 26.5 Å². The highest BCUT2D eigenvalue weighted by Gasteiger charge is 2.34. The van der Waals surface area contributed by atoms with E-state index < -0.39 is 50.4 Å². The summed E-state index contributed by atoms with van der Waals surface area (Å²) in [7, 11) is -7.21. The lowest BCUT2D eigenvalue weighted by atomic mass is 10.1. The predicted molar refractivity (Wildman–Crippen MR) is 118 cm³/mol. The van der Waals surface area contributed by atoms with E-state index in [-0.39, 0.29) is 47.3 Å². The summed E-state index contributed by atoms with van der Waals surface area (Å²) in [6.45, 7) is -0.889. The van der Waals surface area contributed by atoms with Gasteiger partial charge in [0.05, 0.1) is 12.2 Å². The number of aromatic nitrogens is 2. The van der Waals surface area contributed by atoms with Crippen LogP contribution in [0.1, 0.15) is 17.9 Å². The van der Waals surface area contributed by atoms with E-state index in [9.17, 15) is 30.2 Å². The van der Waals surface area contributed by atoms with Crippen LogP contribution in [0.4, 0.5) is 23.2 Å². The molecule has 9 nitrogen and oxygen atoms in total. The van der Waals surface area contributed by atoms with Gasteiger partial charge in [-0.05, 0) is 30.3 Å². The molecule has 35 heavy (non-hydrogen) atoms. The normalized spacial score (nSPS) is 16.5. The van der Waals surface area contributed by atoms with Gasteiger partial charge in [-0.2, -0.15) is 21.5 Å². The quantitative estimate of drug-likeness (QED) is 0.464. The molecule has 4 rings (SSSR count). The Hall–Kier alpha value is -3.04. The van der Waals surface area contributed by atoms with Crippen LogP contribution in [0.2, 0.25) is 0 Å². The Balaban J connectivity index is 1.67. The molecule has 1 aromatic heterocycles. The van der Waals surface area contributed by atoms with Gasteiger partial charge in [-0.15, -0.1) is 10.2 Å². The molecule has 2 aromatic carbocycles. The second-order valence-corrected chi connectivity index (χ2v) is 12.0. The Bertz CT molecular complexity index is 1430. The van der Waals surface area contributed by atoms with Gasteiger partial charge in [0.15, 0.2) is 0 Å². The molecule has 1 aliphatic heterocycles. The van der Waals surface area contributed by atoms with E-state index in [1.165, 1.54) is 24.3 Å². The topological polar surface area (TPSA) is 120 Å². The van der Waals surface area contributed by atoms with Gasteiger partial charge < -0.3 is 4.42 Å². The van der Waals surface area contributed by atoms with Crippen LogP contribution in [0.3, 0.4) is 0 Å². The lowest BCUT2D eigenvalue weighted by Gasteiger charge is -2.34. The lowest BCUT2D eigenvalue weighted by Crippen LogP contribution is -2.50. The maximum absolute atomic E-state index is 15.0. The first-order chi connectivity index (χ1) is 16.5. The summed E-state index contributed by atoms with van der Waals surface area (Å²) in [5, 5.41) is 6.64. The van der Waals surface area contributed by atoms with Crippen molar-refractivity contribution in [3.05, 3.63) is 65.6 Å². The number of alkyl halides is 2. The number of nitrogens with zero attached hydrogens (tertiary/aromatic N) is 4. The minimum atomic E-state index is -4.33. The van der Waals surface area contributed by atoms with Crippen molar-refractivity contribution >= 4 is 25.6 Å². The van der Waals surface area contributed by atoms with Crippen LogP contribution >= 0.6 is 0 Å². The van der Waals surface area contributed by atoms with Crippen molar-refractivity contribution in [2.24, 2.45) is 0 Å². The van der Waals surface area contributed by atoms with Gasteiger partial charge in [-0.25, -0.2) is 13.0 Å². The first-order valence-corrected chi connectivity index (χ1v) is 13.4. The second kappa shape index (κ2) is 9.54. The summed E-state index contributed by atoms with van der Waals surface area (Å²) in [6, 6.07) is 8.21. The average Bonchev–Trinajstić information content (AvgIpc) is 3.28. The lowest BCUT2D eigenvalue weighted by molar-refractivity contribution is 0.116. The summed E-state index contributed by atoms with van der Waals surface area (Å²) in [4.78, 5) is 0. The number of hydrogen-bond acceptors (Lipinski definition) is 7. The standard InChI is InChI=1S/C20H19F4N5O4S2/c21-15-2-1-3-16(11-15)29(35(31,32)28-6-8-34(25,30)9-7-28)12-14-5-4-13(10-17(14)22)19-26-27-20(33-19)18(23)24/h1-5,10-11,18,25H,6-9,12H2. The van der Waals surface area contributed by atoms with Crippen molar-refractivity contribution in [1.82, 2.24) is 14.5 Å². The molecule has 0 aliphatic carbocycles. The van der Waals surface area contributed by atoms with E-state index in [4.69, 9.17) is 9.20 Å². The number of anilines is 1. The SMILES string of the molecule is N=S1(=O)CCN(S(=O)(=O)N(Cc2ccc(-c3nnc(C(F)F)o3)cc2F)c2cccc(F)c2)CC1. The van der Waals surface area contributed by atoms with Crippen LogP contribution in [-0.4, -0.2) is 51.7 Å². The van der Waals surface area contributed by atoms with Crippen LogP contribution in [0.15, 0.2) is 46.9 Å². The van der Waals surface area contributed by atoms with Gasteiger partial charge in [-0.3, -0.25) is 9.08 Å². The Labute approximate surface area is 198 Å². The highest BCUT2D eigenvalue weighted by Crippen LogP contribution is 2.29. The average molecular weight is 534 g/mol. The van der Waals surface area contributed by atoms with E-state index in [1.54, 1.807) is 0 Å². The van der Waals surface area contributed by atoms with Crippen molar-refractivity contribution in [2.75, 3.05) is 28.9 Å². The molecular formula is C20H19F4N5O4S2. The fraction of sp³-hybridized carbons (Fsp3) is 0.300. The van der Waals surface area contributed by atoms with Crippen molar-refractivity contribution < 1.29 is 34.6 Å². The molecule has 0 unspecified atom stereocenters. The summed E-state index contributed by atoms with van der Waals surface area (Å²) < 4.78 is 107. The Kier molecular flexibility index (Phi) is 6.83. The molecule has 15 heteroatoms. The molecule has 0 bridgehead atoms. The first-order valence-electron chi connectivity index (χ1n) is 10.1. The maximum Gasteiger partial charge on any atom is 0.314 e. The molecule has 1 aliphatic rings. The Morgan fingerprint density at radius 1 is 1.11 bits per heavy atom. The van der Waals surface area contributed by atoms with E-state index in [2.05, 4.69) is 10.2 Å². The number of benzene rings is 2. The fourth-order valence-corrected chi connectivity index (χ4v) is 6.49. The number of hydrogen-bond donors (Lipinski definition) is 1. The van der Waals surface area contributed by atoms with Gasteiger partial charge in [0.25, 0.3) is 5.89 Å². The third kappa shape index (κ3) is 5.46. The fourth-order valence-electron chi connectivity index (χ4n) is 3.42. The van der Waals surface area contributed by atoms with Crippen LogP contribution < -0.4 is 4.31 Å². The van der Waals surface area contributed by atoms with Gasteiger partial charge >= 0.3 is 16.6 Å². The minimum absolute atomic E-state index is 0.00653. The summed E-state index contributed by atoms with van der Waals surface area (Å²) in [5.41, 5.74) is -0.160. The third-order valence-corrected chi connectivity index (χ3v) is 8.88. The molecule has 1 fully saturated rings. The van der Waals surface area contributed by atoms with Crippen molar-refractivity contribution in [1.29, 1.82) is 4.78 Å². The monoisotopic (exact) mass is 533 g/mol. The molecule has 0 atom stereocenters. The van der Waals surface area contributed by atoms with E-state index in [0.29, 0.717) is 0 Å². The number of nitrogens with one attached hydrogen (secondary N) is 1. The molecule has 1 saturated heterocycles. The molecule has 3 aromatic rings. The second-order valence-electron chi connectivity index (χ2n) is 7.67. The summed E-state index contributed by atoms with van der Waals surface area (Å²) >= 11 is 0. The third-order valence-electron chi connectivity index (χ3n) is 5.28. The molecular weight excluding hydrogens is 514 g/mol. The summed E-state index contributed by atoms with van der Waals surface area (Å²) in [6.07, 6.45) is -3.00. The highest BCUT2D eigenvalue weighted by molar-refractivity contribution is 7.93. The van der Waals surface area contributed by atoms with Crippen LogP contribution in [0, 0.1) is 16.4 Å². The number of halogens is 4. The van der Waals surface area contributed by atoms with Crippen molar-refractivity contribution in [3.8, 4) is 11.5 Å². The minimum Gasteiger partial charge on any atom is -0.415 e. The molecule has 0 spiro atoms. The van der Waals surface area contributed by atoms with E-state index in [0.717, 1.165) is 26.8 Å². The van der Waals surface area contributed by atoms with Gasteiger partial charge in [0, 0.05) is 45.5 Å². The Morgan fingerprint density at radius 2 is 1.83 bits per heavy atom.